The Morgan fingerprint density at radius 2 is 1.85 bits per heavy atom. The number of rotatable bonds is 6. The normalized spacial score (nSPS) is 15.3. The minimum atomic E-state index is 0.0413. The third-order valence-corrected chi connectivity index (χ3v) is 6.01. The lowest BCUT2D eigenvalue weighted by Crippen LogP contribution is -2.24. The molecule has 1 amide bonds. The van der Waals surface area contributed by atoms with Crippen LogP contribution >= 0.6 is 11.8 Å². The highest BCUT2D eigenvalue weighted by atomic mass is 32.2. The molecule has 1 aliphatic carbocycles. The lowest BCUT2D eigenvalue weighted by molar-refractivity contribution is -0.118. The Balaban J connectivity index is 1.89. The number of hydrogen-bond donors (Lipinski definition) is 1. The van der Waals surface area contributed by atoms with Crippen LogP contribution in [0.5, 0.6) is 0 Å². The predicted octanol–water partition coefficient (Wildman–Crippen LogP) is 4.59. The molecule has 0 spiro atoms. The first-order valence-corrected chi connectivity index (χ1v) is 10.8. The number of aromatic nitrogens is 3. The zero-order chi connectivity index (χ0) is 19.4. The van der Waals surface area contributed by atoms with Crippen molar-refractivity contribution >= 4 is 17.7 Å². The van der Waals surface area contributed by atoms with Crippen molar-refractivity contribution in [3.8, 4) is 11.4 Å². The lowest BCUT2D eigenvalue weighted by atomic mass is 9.86. The molecule has 1 aromatic heterocycles. The summed E-state index contributed by atoms with van der Waals surface area (Å²) in [7, 11) is 0. The monoisotopic (exact) mass is 386 g/mol. The maximum atomic E-state index is 11.9. The minimum Gasteiger partial charge on any atom is -0.356 e. The average molecular weight is 387 g/mol. The van der Waals surface area contributed by atoms with Crippen LogP contribution in [0.1, 0.15) is 65.0 Å². The third-order valence-electron chi connectivity index (χ3n) is 5.07. The summed E-state index contributed by atoms with van der Waals surface area (Å²) in [6.45, 7) is 9.25. The number of amides is 1. The Morgan fingerprint density at radius 1 is 1.19 bits per heavy atom. The molecule has 0 saturated heterocycles. The van der Waals surface area contributed by atoms with E-state index < -0.39 is 0 Å². The fraction of sp³-hybridized carbons (Fsp3) is 0.571. The quantitative estimate of drug-likeness (QED) is 0.738. The van der Waals surface area contributed by atoms with Crippen LogP contribution in [-0.4, -0.2) is 33.0 Å². The zero-order valence-electron chi connectivity index (χ0n) is 16.8. The van der Waals surface area contributed by atoms with Crippen LogP contribution in [-0.2, 0) is 10.2 Å². The first kappa shape index (κ1) is 19.9. The van der Waals surface area contributed by atoms with Gasteiger partial charge >= 0.3 is 0 Å². The molecule has 1 aromatic carbocycles. The van der Waals surface area contributed by atoms with E-state index in [2.05, 4.69) is 65.1 Å². The highest BCUT2D eigenvalue weighted by molar-refractivity contribution is 7.99. The van der Waals surface area contributed by atoms with E-state index in [1.807, 2.05) is 6.92 Å². The molecule has 3 rings (SSSR count). The number of thioether (sulfide) groups is 1. The van der Waals surface area contributed by atoms with Crippen molar-refractivity contribution in [2.75, 3.05) is 12.3 Å². The van der Waals surface area contributed by atoms with E-state index in [0.717, 1.165) is 29.4 Å². The SMILES string of the molecule is CCNC(=O)CSc1nnc(-c2ccc(C(C)(C)C)cc2)n1C1CCCC1. The molecule has 1 fully saturated rings. The largest absolute Gasteiger partial charge is 0.356 e. The second kappa shape index (κ2) is 8.46. The molecule has 0 aliphatic heterocycles. The van der Waals surface area contributed by atoms with E-state index in [-0.39, 0.29) is 11.3 Å². The molecule has 0 atom stereocenters. The fourth-order valence-corrected chi connectivity index (χ4v) is 4.40. The summed E-state index contributed by atoms with van der Waals surface area (Å²) < 4.78 is 2.27. The number of hydrogen-bond acceptors (Lipinski definition) is 4. The van der Waals surface area contributed by atoms with Gasteiger partial charge in [0, 0.05) is 18.2 Å². The molecule has 6 heteroatoms. The van der Waals surface area contributed by atoms with E-state index in [4.69, 9.17) is 0 Å². The molecular weight excluding hydrogens is 356 g/mol. The summed E-state index contributed by atoms with van der Waals surface area (Å²) in [6, 6.07) is 9.09. The smallest absolute Gasteiger partial charge is 0.230 e. The molecule has 0 bridgehead atoms. The first-order chi connectivity index (χ1) is 12.9. The third kappa shape index (κ3) is 4.72. The lowest BCUT2D eigenvalue weighted by Gasteiger charge is -2.20. The Hall–Kier alpha value is -1.82. The van der Waals surface area contributed by atoms with Gasteiger partial charge in [0.15, 0.2) is 11.0 Å². The average Bonchev–Trinajstić information content (AvgIpc) is 3.29. The molecule has 1 heterocycles. The Kier molecular flexibility index (Phi) is 6.25. The van der Waals surface area contributed by atoms with Gasteiger partial charge in [-0.3, -0.25) is 9.36 Å². The van der Waals surface area contributed by atoms with Crippen LogP contribution in [0.4, 0.5) is 0 Å². The van der Waals surface area contributed by atoms with E-state index >= 15 is 0 Å². The van der Waals surface area contributed by atoms with Gasteiger partial charge in [-0.2, -0.15) is 0 Å². The van der Waals surface area contributed by atoms with Gasteiger partial charge in [0.05, 0.1) is 5.75 Å². The van der Waals surface area contributed by atoms with Crippen LogP contribution in [0.2, 0.25) is 0 Å². The Bertz CT molecular complexity index is 770. The molecule has 1 saturated carbocycles. The first-order valence-electron chi connectivity index (χ1n) is 9.85. The molecule has 146 valence electrons. The zero-order valence-corrected chi connectivity index (χ0v) is 17.6. The molecule has 2 aromatic rings. The molecule has 27 heavy (non-hydrogen) atoms. The second-order valence-electron chi connectivity index (χ2n) is 8.18. The van der Waals surface area contributed by atoms with Crippen molar-refractivity contribution in [1.82, 2.24) is 20.1 Å². The van der Waals surface area contributed by atoms with Crippen molar-refractivity contribution < 1.29 is 4.79 Å². The van der Waals surface area contributed by atoms with E-state index in [1.165, 1.54) is 30.2 Å². The van der Waals surface area contributed by atoms with E-state index in [9.17, 15) is 4.79 Å². The van der Waals surface area contributed by atoms with Gasteiger partial charge in [0.1, 0.15) is 0 Å². The second-order valence-corrected chi connectivity index (χ2v) is 9.13. The number of carbonyl (C=O) groups excluding carboxylic acids is 1. The topological polar surface area (TPSA) is 59.8 Å². The van der Waals surface area contributed by atoms with Crippen molar-refractivity contribution in [2.45, 2.75) is 70.0 Å². The van der Waals surface area contributed by atoms with Crippen molar-refractivity contribution in [2.24, 2.45) is 0 Å². The predicted molar refractivity (Wildman–Crippen MR) is 111 cm³/mol. The minimum absolute atomic E-state index is 0.0413. The molecule has 1 aliphatic rings. The van der Waals surface area contributed by atoms with E-state index in [0.29, 0.717) is 18.3 Å². The van der Waals surface area contributed by atoms with Crippen molar-refractivity contribution in [3.05, 3.63) is 29.8 Å². The summed E-state index contributed by atoms with van der Waals surface area (Å²) >= 11 is 1.48. The summed E-state index contributed by atoms with van der Waals surface area (Å²) in [5, 5.41) is 12.6. The maximum absolute atomic E-state index is 11.9. The van der Waals surface area contributed by atoms with Crippen LogP contribution in [0, 0.1) is 0 Å². The van der Waals surface area contributed by atoms with Gasteiger partial charge < -0.3 is 5.32 Å². The van der Waals surface area contributed by atoms with Gasteiger partial charge in [-0.25, -0.2) is 0 Å². The summed E-state index contributed by atoms with van der Waals surface area (Å²) in [4.78, 5) is 11.9. The summed E-state index contributed by atoms with van der Waals surface area (Å²) in [5.74, 6) is 1.34. The highest BCUT2D eigenvalue weighted by Crippen LogP contribution is 2.37. The Labute approximate surface area is 166 Å². The van der Waals surface area contributed by atoms with E-state index in [1.54, 1.807) is 0 Å². The molecule has 0 unspecified atom stereocenters. The summed E-state index contributed by atoms with van der Waals surface area (Å²) in [6.07, 6.45) is 4.79. The summed E-state index contributed by atoms with van der Waals surface area (Å²) in [5.41, 5.74) is 2.53. The number of nitrogens with zero attached hydrogens (tertiary/aromatic N) is 3. The molecule has 1 N–H and O–H groups in total. The van der Waals surface area contributed by atoms with Gasteiger partial charge in [-0.05, 0) is 30.7 Å². The van der Waals surface area contributed by atoms with Gasteiger partial charge in [-0.1, -0.05) is 69.6 Å². The Morgan fingerprint density at radius 3 is 2.44 bits per heavy atom. The van der Waals surface area contributed by atoms with Crippen LogP contribution in [0.3, 0.4) is 0 Å². The highest BCUT2D eigenvalue weighted by Gasteiger charge is 2.25. The van der Waals surface area contributed by atoms with Gasteiger partial charge in [-0.15, -0.1) is 10.2 Å². The van der Waals surface area contributed by atoms with Gasteiger partial charge in [0.2, 0.25) is 5.91 Å². The maximum Gasteiger partial charge on any atom is 0.230 e. The van der Waals surface area contributed by atoms with Crippen LogP contribution < -0.4 is 5.32 Å². The molecular formula is C21H30N4OS. The number of benzene rings is 1. The van der Waals surface area contributed by atoms with Crippen molar-refractivity contribution in [3.63, 3.8) is 0 Å². The van der Waals surface area contributed by atoms with Gasteiger partial charge in [0.25, 0.3) is 0 Å². The fourth-order valence-electron chi connectivity index (χ4n) is 3.56. The van der Waals surface area contributed by atoms with Crippen LogP contribution in [0.15, 0.2) is 29.4 Å². The number of carbonyl (C=O) groups is 1. The molecule has 0 radical (unpaired) electrons. The standard InChI is InChI=1S/C21H30N4OS/c1-5-22-18(26)14-27-20-24-23-19(25(20)17-8-6-7-9-17)15-10-12-16(13-11-15)21(2,3)4/h10-13,17H,5-9,14H2,1-4H3,(H,22,26). The van der Waals surface area contributed by atoms with Crippen LogP contribution in [0.25, 0.3) is 11.4 Å². The van der Waals surface area contributed by atoms with Crippen molar-refractivity contribution in [1.29, 1.82) is 0 Å². The molecule has 5 nitrogen and oxygen atoms in total. The number of nitrogens with one attached hydrogen (secondary N) is 1.